The van der Waals surface area contributed by atoms with Gasteiger partial charge in [0.15, 0.2) is 11.5 Å². The lowest BCUT2D eigenvalue weighted by atomic mass is 9.95. The van der Waals surface area contributed by atoms with Gasteiger partial charge in [0.05, 0.1) is 30.4 Å². The first-order valence-corrected chi connectivity index (χ1v) is 9.48. The van der Waals surface area contributed by atoms with Crippen LogP contribution in [0, 0.1) is 0 Å². The molecule has 1 aliphatic carbocycles. The zero-order chi connectivity index (χ0) is 17.8. The summed E-state index contributed by atoms with van der Waals surface area (Å²) in [7, 11) is 3.24. The van der Waals surface area contributed by atoms with E-state index in [0.717, 1.165) is 27.9 Å². The highest BCUT2D eigenvalue weighted by atomic mass is 79.9. The molecule has 1 fully saturated rings. The fourth-order valence-corrected chi connectivity index (χ4v) is 4.02. The Morgan fingerprint density at radius 1 is 1.16 bits per heavy atom. The van der Waals surface area contributed by atoms with Gasteiger partial charge in [-0.3, -0.25) is 4.99 Å². The van der Waals surface area contributed by atoms with Crippen LogP contribution in [-0.4, -0.2) is 26.0 Å². The van der Waals surface area contributed by atoms with Crippen molar-refractivity contribution < 1.29 is 14.2 Å². The third-order valence-corrected chi connectivity index (χ3v) is 5.49. The molecule has 0 aromatic heterocycles. The molecular formula is C20H24BrNO3. The number of benzene rings is 1. The maximum atomic E-state index is 5.99. The van der Waals surface area contributed by atoms with E-state index in [-0.39, 0.29) is 0 Å². The van der Waals surface area contributed by atoms with E-state index in [9.17, 15) is 0 Å². The molecule has 0 N–H and O–H groups in total. The van der Waals surface area contributed by atoms with Crippen molar-refractivity contribution >= 4 is 27.4 Å². The third-order valence-electron chi connectivity index (χ3n) is 4.70. The summed E-state index contributed by atoms with van der Waals surface area (Å²) in [6.45, 7) is 4.08. The fourth-order valence-electron chi connectivity index (χ4n) is 3.34. The Balaban J connectivity index is 1.83. The lowest BCUT2D eigenvalue weighted by Crippen LogP contribution is -2.17. The van der Waals surface area contributed by atoms with Crippen LogP contribution in [0.1, 0.15) is 44.1 Å². The number of aliphatic imine (C=N–C) groups is 1. The van der Waals surface area contributed by atoms with Crippen LogP contribution in [0.3, 0.4) is 0 Å². The molecule has 1 heterocycles. The Labute approximate surface area is 157 Å². The van der Waals surface area contributed by atoms with Crippen molar-refractivity contribution in [2.24, 2.45) is 4.99 Å². The maximum absolute atomic E-state index is 5.99. The fraction of sp³-hybridized carbons (Fsp3) is 0.450. The van der Waals surface area contributed by atoms with Crippen molar-refractivity contribution in [1.29, 1.82) is 0 Å². The lowest BCUT2D eigenvalue weighted by Gasteiger charge is -2.24. The monoisotopic (exact) mass is 405 g/mol. The number of hydrogen-bond donors (Lipinski definition) is 0. The summed E-state index contributed by atoms with van der Waals surface area (Å²) in [5.74, 6) is 2.73. The van der Waals surface area contributed by atoms with Gasteiger partial charge in [0.1, 0.15) is 11.5 Å². The molecule has 1 aromatic rings. The molecule has 25 heavy (non-hydrogen) atoms. The summed E-state index contributed by atoms with van der Waals surface area (Å²) in [4.78, 5) is 4.88. The van der Waals surface area contributed by atoms with Crippen LogP contribution in [0.15, 0.2) is 40.0 Å². The summed E-state index contributed by atoms with van der Waals surface area (Å²) in [6.07, 6.45) is 9.02. The van der Waals surface area contributed by atoms with Crippen LogP contribution in [0.5, 0.6) is 11.5 Å². The third kappa shape index (κ3) is 3.92. The van der Waals surface area contributed by atoms with E-state index >= 15 is 0 Å². The molecule has 1 saturated carbocycles. The van der Waals surface area contributed by atoms with Gasteiger partial charge in [0.2, 0.25) is 0 Å². The average molecular weight is 406 g/mol. The number of methoxy groups -OCH3 is 2. The van der Waals surface area contributed by atoms with Crippen molar-refractivity contribution in [3.8, 4) is 11.5 Å². The minimum Gasteiger partial charge on any atom is -0.493 e. The van der Waals surface area contributed by atoms with Crippen LogP contribution < -0.4 is 9.47 Å². The normalized spacial score (nSPS) is 20.2. The van der Waals surface area contributed by atoms with Crippen LogP contribution in [0.25, 0.3) is 5.76 Å². The first kappa shape index (κ1) is 18.1. The van der Waals surface area contributed by atoms with Gasteiger partial charge in [-0.05, 0) is 47.0 Å². The number of hydrogen-bond acceptors (Lipinski definition) is 4. The van der Waals surface area contributed by atoms with E-state index in [1.54, 1.807) is 14.2 Å². The van der Waals surface area contributed by atoms with Crippen molar-refractivity contribution in [3.63, 3.8) is 0 Å². The molecule has 1 aliphatic heterocycles. The molecule has 0 bridgehead atoms. The summed E-state index contributed by atoms with van der Waals surface area (Å²) in [5, 5.41) is 0. The first-order valence-electron chi connectivity index (χ1n) is 8.68. The summed E-state index contributed by atoms with van der Waals surface area (Å²) >= 11 is 3.60. The number of allylic oxidation sites excluding steroid dienone is 2. The Bertz CT molecular complexity index is 718. The quantitative estimate of drug-likeness (QED) is 0.662. The van der Waals surface area contributed by atoms with E-state index in [0.29, 0.717) is 23.3 Å². The largest absolute Gasteiger partial charge is 0.493 e. The smallest absolute Gasteiger partial charge is 0.175 e. The van der Waals surface area contributed by atoms with Crippen LogP contribution in [0.2, 0.25) is 0 Å². The molecule has 0 saturated heterocycles. The highest BCUT2D eigenvalue weighted by Gasteiger charge is 2.22. The molecule has 0 atom stereocenters. The predicted octanol–water partition coefficient (Wildman–Crippen LogP) is 5.51. The van der Waals surface area contributed by atoms with E-state index in [1.165, 1.54) is 32.1 Å². The molecule has 1 aromatic carbocycles. The molecule has 134 valence electrons. The van der Waals surface area contributed by atoms with Crippen molar-refractivity contribution in [3.05, 3.63) is 40.6 Å². The number of nitrogens with zero attached hydrogens (tertiary/aromatic N) is 1. The van der Waals surface area contributed by atoms with Gasteiger partial charge in [0, 0.05) is 12.0 Å². The Kier molecular flexibility index (Phi) is 5.84. The highest BCUT2D eigenvalue weighted by molar-refractivity contribution is 9.10. The average Bonchev–Trinajstić information content (AvgIpc) is 2.64. The molecule has 3 rings (SSSR count). The zero-order valence-electron chi connectivity index (χ0n) is 14.8. The second-order valence-electron chi connectivity index (χ2n) is 6.33. The Morgan fingerprint density at radius 2 is 1.92 bits per heavy atom. The topological polar surface area (TPSA) is 40.0 Å². The van der Waals surface area contributed by atoms with Crippen LogP contribution >= 0.6 is 15.9 Å². The summed E-state index contributed by atoms with van der Waals surface area (Å²) in [5.41, 5.74) is 1.88. The number of rotatable bonds is 4. The zero-order valence-corrected chi connectivity index (χ0v) is 16.4. The minimum absolute atomic E-state index is 0.423. The van der Waals surface area contributed by atoms with Crippen LogP contribution in [-0.2, 0) is 4.74 Å². The van der Waals surface area contributed by atoms with E-state index in [2.05, 4.69) is 28.6 Å². The van der Waals surface area contributed by atoms with Gasteiger partial charge in [-0.1, -0.05) is 25.8 Å². The molecule has 0 amide bonds. The molecule has 5 heteroatoms. The molecule has 0 unspecified atom stereocenters. The molecule has 0 radical (unpaired) electrons. The van der Waals surface area contributed by atoms with E-state index in [4.69, 9.17) is 19.2 Å². The first-order chi connectivity index (χ1) is 12.1. The SMILES string of the molecule is C=C1OC(c2ccc(OC)c(OC)c2Br)=CCC1=NC1CCCCC1. The Morgan fingerprint density at radius 3 is 2.56 bits per heavy atom. The van der Waals surface area contributed by atoms with Gasteiger partial charge in [-0.2, -0.15) is 0 Å². The van der Waals surface area contributed by atoms with Crippen LogP contribution in [0.4, 0.5) is 0 Å². The van der Waals surface area contributed by atoms with Crippen molar-refractivity contribution in [1.82, 2.24) is 0 Å². The van der Waals surface area contributed by atoms with Crippen molar-refractivity contribution in [2.75, 3.05) is 14.2 Å². The predicted molar refractivity (Wildman–Crippen MR) is 104 cm³/mol. The van der Waals surface area contributed by atoms with Gasteiger partial charge < -0.3 is 14.2 Å². The van der Waals surface area contributed by atoms with Gasteiger partial charge in [-0.15, -0.1) is 0 Å². The van der Waals surface area contributed by atoms with Gasteiger partial charge >= 0.3 is 0 Å². The van der Waals surface area contributed by atoms with Gasteiger partial charge in [-0.25, -0.2) is 0 Å². The molecule has 2 aliphatic rings. The number of ether oxygens (including phenoxy) is 3. The summed E-state index contributed by atoms with van der Waals surface area (Å²) < 4.78 is 17.6. The summed E-state index contributed by atoms with van der Waals surface area (Å²) in [6, 6.07) is 4.25. The van der Waals surface area contributed by atoms with Gasteiger partial charge in [0.25, 0.3) is 0 Å². The molecule has 4 nitrogen and oxygen atoms in total. The lowest BCUT2D eigenvalue weighted by molar-refractivity contribution is 0.352. The standard InChI is InChI=1S/C20H24BrNO3/c1-13-16(22-14-7-5-4-6-8-14)10-12-17(25-13)15-9-11-18(23-2)20(24-3)19(15)21/h9,11-12,14H,1,4-8,10H2,2-3H3. The second-order valence-corrected chi connectivity index (χ2v) is 7.12. The number of halogens is 1. The maximum Gasteiger partial charge on any atom is 0.175 e. The molecule has 0 spiro atoms. The Hall–Kier alpha value is -1.75. The minimum atomic E-state index is 0.423. The van der Waals surface area contributed by atoms with E-state index < -0.39 is 0 Å². The molecular weight excluding hydrogens is 382 g/mol. The van der Waals surface area contributed by atoms with Crippen molar-refractivity contribution in [2.45, 2.75) is 44.6 Å². The highest BCUT2D eigenvalue weighted by Crippen LogP contribution is 2.41. The van der Waals surface area contributed by atoms with E-state index in [1.807, 2.05) is 12.1 Å². The second kappa shape index (κ2) is 8.09.